The number of hydrogen-bond acceptors (Lipinski definition) is 2. The van der Waals surface area contributed by atoms with Gasteiger partial charge in [-0.05, 0) is 18.6 Å². The molecule has 19 heavy (non-hydrogen) atoms. The van der Waals surface area contributed by atoms with E-state index in [-0.39, 0.29) is 11.1 Å². The molecule has 0 fully saturated rings. The number of Topliss-reactive ketones (excluding diaryl/α,β-unsaturated/α-hetero) is 1. The lowest BCUT2D eigenvalue weighted by molar-refractivity contribution is -0.173. The van der Waals surface area contributed by atoms with E-state index in [1.54, 1.807) is 0 Å². The second kappa shape index (κ2) is 6.10. The summed E-state index contributed by atoms with van der Waals surface area (Å²) in [5.41, 5.74) is -0.268. The van der Waals surface area contributed by atoms with Crippen molar-refractivity contribution in [2.45, 2.75) is 19.5 Å². The second-order valence-corrected chi connectivity index (χ2v) is 3.92. The van der Waals surface area contributed by atoms with Crippen molar-refractivity contribution in [1.82, 2.24) is 0 Å². The normalized spacial score (nSPS) is 11.7. The first kappa shape index (κ1) is 15.6. The fourth-order valence-electron chi connectivity index (χ4n) is 1.36. The summed E-state index contributed by atoms with van der Waals surface area (Å²) < 4.78 is 65.8. The summed E-state index contributed by atoms with van der Waals surface area (Å²) in [5.74, 6) is -2.56. The highest BCUT2D eigenvalue weighted by Crippen LogP contribution is 2.17. The maximum Gasteiger partial charge on any atom is 0.411 e. The van der Waals surface area contributed by atoms with E-state index in [2.05, 4.69) is 4.74 Å². The summed E-state index contributed by atoms with van der Waals surface area (Å²) >= 11 is 0. The Balaban J connectivity index is 2.57. The lowest BCUT2D eigenvalue weighted by Crippen LogP contribution is -2.18. The van der Waals surface area contributed by atoms with Crippen LogP contribution in [-0.2, 0) is 4.74 Å². The molecule has 0 aliphatic carbocycles. The summed E-state index contributed by atoms with van der Waals surface area (Å²) in [6, 6.07) is 1.59. The van der Waals surface area contributed by atoms with Crippen LogP contribution in [0.15, 0.2) is 12.1 Å². The number of carbonyl (C=O) groups is 1. The molecular weight excluding hydrogens is 271 g/mol. The molecule has 7 heteroatoms. The molecule has 0 aromatic heterocycles. The van der Waals surface area contributed by atoms with Crippen molar-refractivity contribution in [3.63, 3.8) is 0 Å². The lowest BCUT2D eigenvalue weighted by Gasteiger charge is -2.08. The van der Waals surface area contributed by atoms with Gasteiger partial charge in [-0.3, -0.25) is 4.79 Å². The quantitative estimate of drug-likeness (QED) is 0.470. The molecule has 0 aliphatic rings. The fraction of sp³-hybridized carbons (Fsp3) is 0.417. The Labute approximate surface area is 106 Å². The van der Waals surface area contributed by atoms with Crippen LogP contribution in [0.5, 0.6) is 0 Å². The van der Waals surface area contributed by atoms with Crippen molar-refractivity contribution in [1.29, 1.82) is 0 Å². The Hall–Kier alpha value is -1.50. The Morgan fingerprint density at radius 2 is 1.84 bits per heavy atom. The number of hydrogen-bond donors (Lipinski definition) is 0. The van der Waals surface area contributed by atoms with E-state index in [0.29, 0.717) is 6.07 Å². The molecule has 106 valence electrons. The molecule has 0 amide bonds. The third-order valence-electron chi connectivity index (χ3n) is 2.29. The summed E-state index contributed by atoms with van der Waals surface area (Å²) in [6.07, 6.45) is -4.88. The van der Waals surface area contributed by atoms with Crippen LogP contribution in [0.3, 0.4) is 0 Å². The zero-order valence-electron chi connectivity index (χ0n) is 9.98. The van der Waals surface area contributed by atoms with E-state index in [1.165, 1.54) is 6.92 Å². The van der Waals surface area contributed by atoms with Gasteiger partial charge in [-0.15, -0.1) is 0 Å². The van der Waals surface area contributed by atoms with Crippen LogP contribution in [-0.4, -0.2) is 25.2 Å². The summed E-state index contributed by atoms with van der Waals surface area (Å²) in [4.78, 5) is 11.5. The molecule has 0 radical (unpaired) electrons. The Bertz CT molecular complexity index is 468. The topological polar surface area (TPSA) is 26.3 Å². The molecule has 0 N–H and O–H groups in total. The zero-order valence-corrected chi connectivity index (χ0v) is 9.98. The van der Waals surface area contributed by atoms with E-state index < -0.39 is 43.2 Å². The number of aryl methyl sites for hydroxylation is 1. The van der Waals surface area contributed by atoms with Crippen molar-refractivity contribution in [3.8, 4) is 0 Å². The fourth-order valence-corrected chi connectivity index (χ4v) is 1.36. The van der Waals surface area contributed by atoms with Gasteiger partial charge in [0.15, 0.2) is 5.78 Å². The van der Waals surface area contributed by atoms with Crippen LogP contribution in [0, 0.1) is 18.6 Å². The van der Waals surface area contributed by atoms with Crippen LogP contribution >= 0.6 is 0 Å². The smallest absolute Gasteiger partial charge is 0.372 e. The Morgan fingerprint density at radius 3 is 2.42 bits per heavy atom. The maximum atomic E-state index is 13.3. The van der Waals surface area contributed by atoms with E-state index in [0.717, 1.165) is 6.07 Å². The molecule has 1 aromatic rings. The zero-order chi connectivity index (χ0) is 14.6. The first-order chi connectivity index (χ1) is 8.70. The molecule has 0 unspecified atom stereocenters. The van der Waals surface area contributed by atoms with Gasteiger partial charge < -0.3 is 4.74 Å². The first-order valence-corrected chi connectivity index (χ1v) is 5.34. The number of alkyl halides is 3. The highest BCUT2D eigenvalue weighted by Gasteiger charge is 2.27. The number of rotatable bonds is 5. The molecule has 0 saturated carbocycles. The molecule has 0 bridgehead atoms. The van der Waals surface area contributed by atoms with Crippen molar-refractivity contribution in [2.24, 2.45) is 0 Å². The second-order valence-electron chi connectivity index (χ2n) is 3.92. The summed E-state index contributed by atoms with van der Waals surface area (Å²) in [6.45, 7) is -0.592. The molecule has 1 aromatic carbocycles. The molecular formula is C12H11F5O2. The van der Waals surface area contributed by atoms with Crippen molar-refractivity contribution in [3.05, 3.63) is 34.9 Å². The third-order valence-corrected chi connectivity index (χ3v) is 2.29. The van der Waals surface area contributed by atoms with Gasteiger partial charge in [-0.2, -0.15) is 13.2 Å². The van der Waals surface area contributed by atoms with Crippen molar-refractivity contribution < 1.29 is 31.5 Å². The predicted molar refractivity (Wildman–Crippen MR) is 56.9 cm³/mol. The molecule has 0 atom stereocenters. The molecule has 0 spiro atoms. The van der Waals surface area contributed by atoms with E-state index in [9.17, 15) is 26.7 Å². The highest BCUT2D eigenvalue weighted by atomic mass is 19.4. The van der Waals surface area contributed by atoms with Crippen molar-refractivity contribution in [2.75, 3.05) is 13.2 Å². The van der Waals surface area contributed by atoms with Crippen LogP contribution < -0.4 is 0 Å². The molecule has 0 saturated heterocycles. The lowest BCUT2D eigenvalue weighted by atomic mass is 10.0. The van der Waals surface area contributed by atoms with Gasteiger partial charge >= 0.3 is 6.18 Å². The van der Waals surface area contributed by atoms with Crippen LogP contribution in [0.25, 0.3) is 0 Å². The minimum Gasteiger partial charge on any atom is -0.372 e. The van der Waals surface area contributed by atoms with E-state index in [1.807, 2.05) is 0 Å². The number of carbonyl (C=O) groups excluding carboxylic acids is 1. The van der Waals surface area contributed by atoms with E-state index in [4.69, 9.17) is 0 Å². The average molecular weight is 282 g/mol. The first-order valence-electron chi connectivity index (χ1n) is 5.34. The Morgan fingerprint density at radius 1 is 1.21 bits per heavy atom. The van der Waals surface area contributed by atoms with Gasteiger partial charge in [0.05, 0.1) is 12.2 Å². The van der Waals surface area contributed by atoms with Gasteiger partial charge in [0, 0.05) is 12.5 Å². The number of ether oxygens (including phenoxy) is 1. The highest BCUT2D eigenvalue weighted by molar-refractivity contribution is 5.96. The van der Waals surface area contributed by atoms with Crippen molar-refractivity contribution >= 4 is 5.78 Å². The largest absolute Gasteiger partial charge is 0.411 e. The molecule has 0 heterocycles. The predicted octanol–water partition coefficient (Wildman–Crippen LogP) is 3.42. The van der Waals surface area contributed by atoms with Crippen LogP contribution in [0.2, 0.25) is 0 Å². The van der Waals surface area contributed by atoms with E-state index >= 15 is 0 Å². The molecule has 2 nitrogen and oxygen atoms in total. The number of ketones is 1. The third kappa shape index (κ3) is 4.94. The minimum absolute atomic E-state index is 0.0842. The van der Waals surface area contributed by atoms with Crippen LogP contribution in [0.4, 0.5) is 22.0 Å². The SMILES string of the molecule is Cc1cc(C(=O)CCOCC(F)(F)F)c(F)cc1F. The van der Waals surface area contributed by atoms with Gasteiger partial charge in [-0.25, -0.2) is 8.78 Å². The minimum atomic E-state index is -4.47. The molecule has 0 aliphatic heterocycles. The number of benzene rings is 1. The summed E-state index contributed by atoms with van der Waals surface area (Å²) in [5, 5.41) is 0. The van der Waals surface area contributed by atoms with Gasteiger partial charge in [0.2, 0.25) is 0 Å². The summed E-state index contributed by atoms with van der Waals surface area (Å²) in [7, 11) is 0. The molecule has 1 rings (SSSR count). The van der Waals surface area contributed by atoms with Gasteiger partial charge in [-0.1, -0.05) is 0 Å². The monoisotopic (exact) mass is 282 g/mol. The Kier molecular flexibility index (Phi) is 4.99. The van der Waals surface area contributed by atoms with Gasteiger partial charge in [0.1, 0.15) is 18.2 Å². The number of halogens is 5. The maximum absolute atomic E-state index is 13.3. The van der Waals surface area contributed by atoms with Gasteiger partial charge in [0.25, 0.3) is 0 Å². The van der Waals surface area contributed by atoms with Crippen LogP contribution in [0.1, 0.15) is 22.3 Å². The standard InChI is InChI=1S/C12H11F5O2/c1-7-4-8(10(14)5-9(7)13)11(18)2-3-19-6-12(15,16)17/h4-5H,2-3,6H2,1H3. The average Bonchev–Trinajstić information content (AvgIpc) is 2.28.